The van der Waals surface area contributed by atoms with Crippen molar-refractivity contribution in [1.29, 1.82) is 0 Å². The Labute approximate surface area is 173 Å². The smallest absolute Gasteiger partial charge is 0.381 e. The highest BCUT2D eigenvalue weighted by molar-refractivity contribution is 7.86. The van der Waals surface area contributed by atoms with E-state index in [4.69, 9.17) is 9.29 Å². The Balaban J connectivity index is 1.49. The lowest BCUT2D eigenvalue weighted by Crippen LogP contribution is -2.55. The van der Waals surface area contributed by atoms with E-state index >= 15 is 0 Å². The van der Waals surface area contributed by atoms with Crippen LogP contribution < -0.4 is 0 Å². The zero-order chi connectivity index (χ0) is 23.5. The molecule has 0 aromatic heterocycles. The van der Waals surface area contributed by atoms with E-state index in [9.17, 15) is 43.5 Å². The maximum Gasteiger partial charge on any atom is 0.460 e. The third-order valence-electron chi connectivity index (χ3n) is 6.58. The highest BCUT2D eigenvalue weighted by Crippen LogP contribution is 2.64. The van der Waals surface area contributed by atoms with Crippen LogP contribution >= 0.6 is 0 Å². The monoisotopic (exact) mass is 490 g/mol. The molecule has 4 fully saturated rings. The molecule has 0 saturated heterocycles. The normalized spacial score (nSPS) is 31.6. The van der Waals surface area contributed by atoms with Crippen LogP contribution in [0.4, 0.5) is 35.1 Å². The average Bonchev–Trinajstić information content (AvgIpc) is 2.99. The Morgan fingerprint density at radius 3 is 1.94 bits per heavy atom. The molecule has 0 aromatic carbocycles. The lowest BCUT2D eigenvalue weighted by molar-refractivity contribution is -0.456. The van der Waals surface area contributed by atoms with Crippen LogP contribution in [0.1, 0.15) is 44.9 Å². The zero-order valence-corrected chi connectivity index (χ0v) is 16.9. The van der Waals surface area contributed by atoms with Crippen molar-refractivity contribution in [3.05, 3.63) is 0 Å². The number of hydrogen-bond acceptors (Lipinski definition) is 4. The maximum absolute atomic E-state index is 13.7. The van der Waals surface area contributed by atoms with Gasteiger partial charge in [-0.2, -0.15) is 43.5 Å². The Kier molecular flexibility index (Phi) is 6.15. The van der Waals surface area contributed by atoms with E-state index in [1.54, 1.807) is 0 Å². The fraction of sp³-hybridized carbons (Fsp3) is 1.00. The van der Waals surface area contributed by atoms with E-state index in [-0.39, 0.29) is 18.6 Å². The molecule has 4 aliphatic carbocycles. The minimum Gasteiger partial charge on any atom is -0.381 e. The summed E-state index contributed by atoms with van der Waals surface area (Å²) in [6, 6.07) is 0. The largest absolute Gasteiger partial charge is 0.460 e. The summed E-state index contributed by atoms with van der Waals surface area (Å²) in [5, 5.41) is -6.57. The van der Waals surface area contributed by atoms with Gasteiger partial charge in [0.15, 0.2) is 0 Å². The van der Waals surface area contributed by atoms with Gasteiger partial charge in [-0.25, -0.2) is 4.74 Å². The van der Waals surface area contributed by atoms with Gasteiger partial charge in [-0.05, 0) is 61.7 Å². The maximum atomic E-state index is 13.7. The van der Waals surface area contributed by atoms with Crippen molar-refractivity contribution < 1.29 is 57.6 Å². The van der Waals surface area contributed by atoms with Crippen LogP contribution in [-0.4, -0.2) is 49.6 Å². The van der Waals surface area contributed by atoms with Crippen LogP contribution in [0.5, 0.6) is 0 Å². The second-order valence-corrected chi connectivity index (χ2v) is 10.4. The van der Waals surface area contributed by atoms with E-state index in [0.717, 1.165) is 19.3 Å². The first-order valence-electron chi connectivity index (χ1n) is 9.68. The van der Waals surface area contributed by atoms with Crippen molar-refractivity contribution in [3.63, 3.8) is 0 Å². The molecule has 2 unspecified atom stereocenters. The average molecular weight is 490 g/mol. The summed E-state index contributed by atoms with van der Waals surface area (Å²) in [4.78, 5) is 0. The van der Waals surface area contributed by atoms with Gasteiger partial charge in [0.05, 0.1) is 6.61 Å². The Bertz CT molecular complexity index is 768. The van der Waals surface area contributed by atoms with Crippen LogP contribution in [0.2, 0.25) is 0 Å². The molecule has 2 atom stereocenters. The molecule has 182 valence electrons. The molecule has 31 heavy (non-hydrogen) atoms. The highest BCUT2D eigenvalue weighted by Gasteiger charge is 2.73. The van der Waals surface area contributed by atoms with Gasteiger partial charge in [-0.1, -0.05) is 0 Å². The molecule has 0 radical (unpaired) electrons. The van der Waals surface area contributed by atoms with Crippen LogP contribution in [0.3, 0.4) is 0 Å². The minimum atomic E-state index is -6.93. The summed E-state index contributed by atoms with van der Waals surface area (Å²) in [7, 11) is -6.93. The van der Waals surface area contributed by atoms with Crippen LogP contribution in [-0.2, 0) is 19.6 Å². The first-order chi connectivity index (χ1) is 13.9. The standard InChI is InChI=1S/C17H22F8O5S/c18-14(19,15(20,21)30-16(22,23)17(24,25)31(26,27)28)2-1-3-29-9-13-6-10-4-11(7-13)12(5-10)8-13/h10-12H,1-9H2,(H,26,27,28). The van der Waals surface area contributed by atoms with Gasteiger partial charge >= 0.3 is 33.5 Å². The molecular formula is C17H22F8O5S. The summed E-state index contributed by atoms with van der Waals surface area (Å²) >= 11 is 0. The second-order valence-electron chi connectivity index (χ2n) is 8.96. The molecule has 4 aliphatic rings. The SMILES string of the molecule is O=S(=O)(O)C(F)(F)C(F)(F)OC(F)(F)C(F)(F)CCCOCC12CC3CC(C1)C(C3)C2. The lowest BCUT2D eigenvalue weighted by Gasteiger charge is -2.38. The fourth-order valence-corrected chi connectivity index (χ4v) is 5.77. The van der Waals surface area contributed by atoms with Crippen molar-refractivity contribution in [2.24, 2.45) is 23.2 Å². The molecule has 0 aromatic rings. The number of alkyl halides is 8. The fourth-order valence-electron chi connectivity index (χ4n) is 5.43. The number of halogens is 8. The Morgan fingerprint density at radius 1 is 0.903 bits per heavy atom. The molecule has 0 heterocycles. The molecular weight excluding hydrogens is 468 g/mol. The Morgan fingerprint density at radius 2 is 1.45 bits per heavy atom. The van der Waals surface area contributed by atoms with E-state index < -0.39 is 46.4 Å². The third-order valence-corrected chi connectivity index (χ3v) is 7.47. The topological polar surface area (TPSA) is 72.8 Å². The van der Waals surface area contributed by atoms with E-state index in [1.807, 2.05) is 0 Å². The number of ether oxygens (including phenoxy) is 2. The summed E-state index contributed by atoms with van der Waals surface area (Å²) in [6.07, 6.45) is -9.98. The molecule has 4 saturated carbocycles. The minimum absolute atomic E-state index is 0.0461. The van der Waals surface area contributed by atoms with Crippen molar-refractivity contribution in [3.8, 4) is 0 Å². The summed E-state index contributed by atoms with van der Waals surface area (Å²) < 4.78 is 143. The van der Waals surface area contributed by atoms with E-state index in [0.29, 0.717) is 17.8 Å². The van der Waals surface area contributed by atoms with E-state index in [2.05, 4.69) is 4.74 Å². The second kappa shape index (κ2) is 7.66. The molecule has 4 bridgehead atoms. The van der Waals surface area contributed by atoms with Gasteiger partial charge < -0.3 is 4.74 Å². The van der Waals surface area contributed by atoms with Gasteiger partial charge in [-0.3, -0.25) is 4.55 Å². The first-order valence-corrected chi connectivity index (χ1v) is 11.1. The zero-order valence-electron chi connectivity index (χ0n) is 16.1. The predicted molar refractivity (Wildman–Crippen MR) is 88.5 cm³/mol. The summed E-state index contributed by atoms with van der Waals surface area (Å²) in [5.41, 5.74) is -0.0461. The van der Waals surface area contributed by atoms with Gasteiger partial charge in [0.25, 0.3) is 0 Å². The molecule has 5 nitrogen and oxygen atoms in total. The van der Waals surface area contributed by atoms with Crippen LogP contribution in [0.15, 0.2) is 0 Å². The van der Waals surface area contributed by atoms with Crippen molar-refractivity contribution >= 4 is 10.1 Å². The quantitative estimate of drug-likeness (QED) is 0.253. The molecule has 0 aliphatic heterocycles. The third kappa shape index (κ3) is 4.54. The molecule has 0 spiro atoms. The Hall–Kier alpha value is -0.730. The molecule has 1 N–H and O–H groups in total. The predicted octanol–water partition coefficient (Wildman–Crippen LogP) is 4.93. The molecule has 0 amide bonds. The first kappa shape index (κ1) is 24.9. The van der Waals surface area contributed by atoms with Crippen molar-refractivity contribution in [2.45, 2.75) is 68.3 Å². The van der Waals surface area contributed by atoms with Gasteiger partial charge in [0, 0.05) is 13.0 Å². The lowest BCUT2D eigenvalue weighted by atomic mass is 9.70. The highest BCUT2D eigenvalue weighted by atomic mass is 32.2. The number of rotatable bonds is 11. The van der Waals surface area contributed by atoms with Gasteiger partial charge in [0.1, 0.15) is 0 Å². The van der Waals surface area contributed by atoms with Gasteiger partial charge in [0.2, 0.25) is 0 Å². The van der Waals surface area contributed by atoms with Crippen LogP contribution in [0, 0.1) is 23.2 Å². The summed E-state index contributed by atoms with van der Waals surface area (Å²) in [5.74, 6) is -3.46. The van der Waals surface area contributed by atoms with Gasteiger partial charge in [-0.15, -0.1) is 0 Å². The van der Waals surface area contributed by atoms with Crippen molar-refractivity contribution in [2.75, 3.05) is 13.2 Å². The summed E-state index contributed by atoms with van der Waals surface area (Å²) in [6.45, 7) is -0.112. The molecule has 14 heteroatoms. The molecule has 4 rings (SSSR count). The van der Waals surface area contributed by atoms with E-state index in [1.165, 1.54) is 12.8 Å². The van der Waals surface area contributed by atoms with Crippen LogP contribution in [0.25, 0.3) is 0 Å². The van der Waals surface area contributed by atoms with Crippen molar-refractivity contribution in [1.82, 2.24) is 0 Å². The number of hydrogen-bond donors (Lipinski definition) is 1.